The molecule has 3 aromatic rings. The summed E-state index contributed by atoms with van der Waals surface area (Å²) in [7, 11) is 0. The Morgan fingerprint density at radius 1 is 1.17 bits per heavy atom. The molecular weight excluding hydrogens is 327 g/mol. The van der Waals surface area contributed by atoms with Gasteiger partial charge in [0.15, 0.2) is 0 Å². The Hall–Kier alpha value is -2.33. The van der Waals surface area contributed by atoms with Crippen molar-refractivity contribution in [2.24, 2.45) is 0 Å². The van der Waals surface area contributed by atoms with Crippen molar-refractivity contribution >= 4 is 34.4 Å². The van der Waals surface area contributed by atoms with Crippen LogP contribution >= 0.6 is 11.6 Å². The summed E-state index contributed by atoms with van der Waals surface area (Å²) in [6.07, 6.45) is 2.59. The number of aryl methyl sites for hydroxylation is 1. The van der Waals surface area contributed by atoms with Crippen LogP contribution < -0.4 is 5.69 Å². The van der Waals surface area contributed by atoms with Crippen molar-refractivity contribution in [3.05, 3.63) is 70.4 Å². The van der Waals surface area contributed by atoms with E-state index in [2.05, 4.69) is 0 Å². The molecule has 0 saturated carbocycles. The fourth-order valence-corrected chi connectivity index (χ4v) is 2.98. The van der Waals surface area contributed by atoms with E-state index in [-0.39, 0.29) is 11.5 Å². The third-order valence-corrected chi connectivity index (χ3v) is 4.20. The zero-order valence-corrected chi connectivity index (χ0v) is 14.1. The second kappa shape index (κ2) is 7.05. The highest BCUT2D eigenvalue weighted by Crippen LogP contribution is 2.20. The molecular formula is C19H18ClFN2O. The standard InChI is InChI=1S/C19H18ClFN2O/c1-14(12-15-6-3-2-4-7-15)23-18-13-16(21)8-9-17(18)22(19(23)24)11-5-10-20/h2-4,6-9,12-13H,5,10-11H2,1H3/b14-12+. The van der Waals surface area contributed by atoms with Crippen LogP contribution in [0.3, 0.4) is 0 Å². The van der Waals surface area contributed by atoms with Crippen molar-refractivity contribution < 1.29 is 4.39 Å². The van der Waals surface area contributed by atoms with Gasteiger partial charge in [0.1, 0.15) is 5.82 Å². The molecule has 3 nitrogen and oxygen atoms in total. The van der Waals surface area contributed by atoms with Crippen LogP contribution in [0, 0.1) is 5.82 Å². The van der Waals surface area contributed by atoms with Gasteiger partial charge in [-0.1, -0.05) is 30.3 Å². The summed E-state index contributed by atoms with van der Waals surface area (Å²) in [6.45, 7) is 2.36. The first-order valence-electron chi connectivity index (χ1n) is 7.82. The van der Waals surface area contributed by atoms with Gasteiger partial charge < -0.3 is 0 Å². The molecule has 124 valence electrons. The van der Waals surface area contributed by atoms with Crippen LogP contribution in [-0.2, 0) is 6.54 Å². The molecule has 0 radical (unpaired) electrons. The maximum Gasteiger partial charge on any atom is 0.333 e. The Bertz CT molecular complexity index is 941. The molecule has 0 saturated heterocycles. The lowest BCUT2D eigenvalue weighted by molar-refractivity contribution is 0.629. The molecule has 0 N–H and O–H groups in total. The number of rotatable bonds is 5. The summed E-state index contributed by atoms with van der Waals surface area (Å²) < 4.78 is 16.9. The molecule has 5 heteroatoms. The normalized spacial score (nSPS) is 12.0. The smallest absolute Gasteiger partial charge is 0.292 e. The zero-order valence-electron chi connectivity index (χ0n) is 13.4. The highest BCUT2D eigenvalue weighted by molar-refractivity contribution is 6.17. The summed E-state index contributed by atoms with van der Waals surface area (Å²) in [5.41, 5.74) is 2.84. The SMILES string of the molecule is C/C(=C\c1ccccc1)n1c(=O)n(CCCCl)c2ccc(F)cc21. The molecule has 0 fully saturated rings. The largest absolute Gasteiger partial charge is 0.333 e. The van der Waals surface area contributed by atoms with E-state index >= 15 is 0 Å². The van der Waals surface area contributed by atoms with Crippen LogP contribution in [-0.4, -0.2) is 15.0 Å². The topological polar surface area (TPSA) is 26.9 Å². The Labute approximate surface area is 144 Å². The minimum absolute atomic E-state index is 0.176. The second-order valence-electron chi connectivity index (χ2n) is 5.64. The van der Waals surface area contributed by atoms with Crippen molar-refractivity contribution in [3.63, 3.8) is 0 Å². The summed E-state index contributed by atoms with van der Waals surface area (Å²) in [6, 6.07) is 14.1. The lowest BCUT2D eigenvalue weighted by atomic mass is 10.2. The first-order chi connectivity index (χ1) is 11.6. The minimum Gasteiger partial charge on any atom is -0.292 e. The molecule has 0 unspecified atom stereocenters. The minimum atomic E-state index is -0.363. The first-order valence-corrected chi connectivity index (χ1v) is 8.36. The van der Waals surface area contributed by atoms with Crippen molar-refractivity contribution in [2.45, 2.75) is 19.9 Å². The van der Waals surface area contributed by atoms with Crippen LogP contribution in [0.2, 0.25) is 0 Å². The van der Waals surface area contributed by atoms with Crippen molar-refractivity contribution in [3.8, 4) is 0 Å². The lowest BCUT2D eigenvalue weighted by Crippen LogP contribution is -2.23. The van der Waals surface area contributed by atoms with Crippen LogP contribution in [0.25, 0.3) is 22.8 Å². The highest BCUT2D eigenvalue weighted by atomic mass is 35.5. The summed E-state index contributed by atoms with van der Waals surface area (Å²) >= 11 is 5.76. The van der Waals surface area contributed by atoms with E-state index in [0.717, 1.165) is 11.3 Å². The number of benzene rings is 2. The molecule has 0 amide bonds. The van der Waals surface area contributed by atoms with E-state index in [1.807, 2.05) is 43.3 Å². The number of halogens is 2. The van der Waals surface area contributed by atoms with E-state index in [1.165, 1.54) is 12.1 Å². The van der Waals surface area contributed by atoms with Crippen LogP contribution in [0.5, 0.6) is 0 Å². The van der Waals surface area contributed by atoms with Gasteiger partial charge in [0, 0.05) is 24.2 Å². The van der Waals surface area contributed by atoms with Crippen LogP contribution in [0.15, 0.2) is 53.3 Å². The van der Waals surface area contributed by atoms with Gasteiger partial charge in [-0.2, -0.15) is 0 Å². The van der Waals surface area contributed by atoms with Gasteiger partial charge in [-0.25, -0.2) is 9.18 Å². The average molecular weight is 345 g/mol. The van der Waals surface area contributed by atoms with Gasteiger partial charge in [-0.3, -0.25) is 9.13 Å². The Morgan fingerprint density at radius 3 is 2.62 bits per heavy atom. The van der Waals surface area contributed by atoms with Gasteiger partial charge in [-0.15, -0.1) is 11.6 Å². The molecule has 1 heterocycles. The van der Waals surface area contributed by atoms with Crippen molar-refractivity contribution in [2.75, 3.05) is 5.88 Å². The predicted molar refractivity (Wildman–Crippen MR) is 97.8 cm³/mol. The summed E-state index contributed by atoms with van der Waals surface area (Å²) in [5.74, 6) is 0.109. The fraction of sp³-hybridized carbons (Fsp3) is 0.211. The number of hydrogen-bond donors (Lipinski definition) is 0. The molecule has 2 aromatic carbocycles. The van der Waals surface area contributed by atoms with Gasteiger partial charge >= 0.3 is 5.69 Å². The van der Waals surface area contributed by atoms with Gasteiger partial charge in [0.25, 0.3) is 0 Å². The van der Waals surface area contributed by atoms with Gasteiger partial charge in [0.2, 0.25) is 0 Å². The predicted octanol–water partition coefficient (Wildman–Crippen LogP) is 4.59. The van der Waals surface area contributed by atoms with E-state index < -0.39 is 0 Å². The average Bonchev–Trinajstić information content (AvgIpc) is 2.84. The number of allylic oxidation sites excluding steroid dienone is 1. The van der Waals surface area contributed by atoms with Gasteiger partial charge in [-0.05, 0) is 37.1 Å². The first kappa shape index (κ1) is 16.5. The number of fused-ring (bicyclic) bond motifs is 1. The second-order valence-corrected chi connectivity index (χ2v) is 6.02. The van der Waals surface area contributed by atoms with Gasteiger partial charge in [0.05, 0.1) is 11.0 Å². The molecule has 0 aliphatic carbocycles. The molecule has 3 rings (SSSR count). The third kappa shape index (κ3) is 3.15. The summed E-state index contributed by atoms with van der Waals surface area (Å²) in [5, 5.41) is 0. The van der Waals surface area contributed by atoms with E-state index in [4.69, 9.17) is 11.6 Å². The lowest BCUT2D eigenvalue weighted by Gasteiger charge is -2.04. The molecule has 0 bridgehead atoms. The Morgan fingerprint density at radius 2 is 1.92 bits per heavy atom. The number of aromatic nitrogens is 2. The number of hydrogen-bond acceptors (Lipinski definition) is 1. The van der Waals surface area contributed by atoms with Crippen LogP contribution in [0.1, 0.15) is 18.9 Å². The zero-order chi connectivity index (χ0) is 17.1. The van der Waals surface area contributed by atoms with Crippen molar-refractivity contribution in [1.82, 2.24) is 9.13 Å². The Balaban J connectivity index is 2.20. The highest BCUT2D eigenvalue weighted by Gasteiger charge is 2.14. The number of nitrogens with zero attached hydrogens (tertiary/aromatic N) is 2. The molecule has 0 aliphatic rings. The maximum absolute atomic E-state index is 13.7. The molecule has 0 aliphatic heterocycles. The third-order valence-electron chi connectivity index (χ3n) is 3.93. The maximum atomic E-state index is 13.7. The molecule has 0 spiro atoms. The van der Waals surface area contributed by atoms with Crippen molar-refractivity contribution in [1.29, 1.82) is 0 Å². The van der Waals surface area contributed by atoms with Crippen LogP contribution in [0.4, 0.5) is 4.39 Å². The molecule has 0 atom stereocenters. The molecule has 1 aromatic heterocycles. The molecule has 24 heavy (non-hydrogen) atoms. The monoisotopic (exact) mass is 344 g/mol. The van der Waals surface area contributed by atoms with E-state index in [0.29, 0.717) is 29.9 Å². The number of alkyl halides is 1. The number of imidazole rings is 1. The van der Waals surface area contributed by atoms with E-state index in [9.17, 15) is 9.18 Å². The summed E-state index contributed by atoms with van der Waals surface area (Å²) in [4.78, 5) is 12.9. The van der Waals surface area contributed by atoms with E-state index in [1.54, 1.807) is 15.2 Å². The fourth-order valence-electron chi connectivity index (χ4n) is 2.86. The Kier molecular flexibility index (Phi) is 4.86. The quantitative estimate of drug-likeness (QED) is 0.622.